The summed E-state index contributed by atoms with van der Waals surface area (Å²) in [7, 11) is 0. The molecule has 1 heteroatoms. The van der Waals surface area contributed by atoms with Gasteiger partial charge in [-0.15, -0.1) is 0 Å². The SMILES string of the molecule is CSCC=CCCCC1CC1. The van der Waals surface area contributed by atoms with E-state index in [0.717, 1.165) is 5.92 Å². The minimum atomic E-state index is 1.11. The van der Waals surface area contributed by atoms with Crippen molar-refractivity contribution in [3.63, 3.8) is 0 Å². The third-order valence-corrected chi connectivity index (χ3v) is 2.64. The summed E-state index contributed by atoms with van der Waals surface area (Å²) in [4.78, 5) is 0. The topological polar surface area (TPSA) is 0 Å². The summed E-state index contributed by atoms with van der Waals surface area (Å²) in [6.07, 6.45) is 14.0. The van der Waals surface area contributed by atoms with Crippen LogP contribution in [-0.4, -0.2) is 12.0 Å². The Morgan fingerprint density at radius 2 is 2.18 bits per heavy atom. The third kappa shape index (κ3) is 5.37. The fourth-order valence-corrected chi connectivity index (χ4v) is 1.54. The Morgan fingerprint density at radius 3 is 2.82 bits per heavy atom. The van der Waals surface area contributed by atoms with E-state index in [0.29, 0.717) is 0 Å². The maximum Gasteiger partial charge on any atom is 0.0110 e. The van der Waals surface area contributed by atoms with E-state index in [1.54, 1.807) is 0 Å². The van der Waals surface area contributed by atoms with Gasteiger partial charge in [-0.05, 0) is 25.0 Å². The van der Waals surface area contributed by atoms with E-state index in [1.165, 1.54) is 37.9 Å². The van der Waals surface area contributed by atoms with Gasteiger partial charge in [0.05, 0.1) is 0 Å². The molecule has 0 spiro atoms. The molecule has 0 nitrogen and oxygen atoms in total. The van der Waals surface area contributed by atoms with Crippen LogP contribution in [0.4, 0.5) is 0 Å². The normalized spacial score (nSPS) is 17.9. The molecule has 0 bridgehead atoms. The molecule has 0 unspecified atom stereocenters. The van der Waals surface area contributed by atoms with Crippen molar-refractivity contribution in [3.05, 3.63) is 12.2 Å². The Morgan fingerprint density at radius 1 is 1.36 bits per heavy atom. The number of allylic oxidation sites excluding steroid dienone is 1. The minimum Gasteiger partial charge on any atom is -0.161 e. The third-order valence-electron chi connectivity index (χ3n) is 2.11. The van der Waals surface area contributed by atoms with E-state index in [2.05, 4.69) is 18.4 Å². The summed E-state index contributed by atoms with van der Waals surface area (Å²) < 4.78 is 0. The van der Waals surface area contributed by atoms with Crippen LogP contribution in [0.1, 0.15) is 32.1 Å². The molecule has 0 aromatic heterocycles. The average molecular weight is 170 g/mol. The molecule has 1 fully saturated rings. The number of hydrogen-bond acceptors (Lipinski definition) is 1. The van der Waals surface area contributed by atoms with E-state index in [-0.39, 0.29) is 0 Å². The van der Waals surface area contributed by atoms with Crippen LogP contribution in [0.3, 0.4) is 0 Å². The van der Waals surface area contributed by atoms with E-state index < -0.39 is 0 Å². The van der Waals surface area contributed by atoms with Crippen LogP contribution in [-0.2, 0) is 0 Å². The van der Waals surface area contributed by atoms with Crippen LogP contribution >= 0.6 is 11.8 Å². The summed E-state index contributed by atoms with van der Waals surface area (Å²) in [6.45, 7) is 0. The maximum atomic E-state index is 2.33. The Hall–Kier alpha value is 0.0900. The Balaban J connectivity index is 1.78. The number of hydrogen-bond donors (Lipinski definition) is 0. The molecule has 1 aliphatic carbocycles. The van der Waals surface area contributed by atoms with Gasteiger partial charge >= 0.3 is 0 Å². The molecule has 0 amide bonds. The molecule has 0 atom stereocenters. The van der Waals surface area contributed by atoms with E-state index in [9.17, 15) is 0 Å². The smallest absolute Gasteiger partial charge is 0.0110 e. The number of rotatable bonds is 6. The molecule has 11 heavy (non-hydrogen) atoms. The summed E-state index contributed by atoms with van der Waals surface area (Å²) in [5, 5.41) is 0. The molecule has 0 aliphatic heterocycles. The van der Waals surface area contributed by atoms with Gasteiger partial charge in [-0.1, -0.05) is 31.4 Å². The van der Waals surface area contributed by atoms with Gasteiger partial charge < -0.3 is 0 Å². The number of thioether (sulfide) groups is 1. The van der Waals surface area contributed by atoms with Crippen LogP contribution in [0, 0.1) is 5.92 Å². The van der Waals surface area contributed by atoms with Gasteiger partial charge in [0.15, 0.2) is 0 Å². The zero-order valence-electron chi connectivity index (χ0n) is 7.38. The number of unbranched alkanes of at least 4 members (excludes halogenated alkanes) is 1. The fourth-order valence-electron chi connectivity index (χ4n) is 1.21. The molecule has 0 aromatic rings. The second-order valence-corrected chi connectivity index (χ2v) is 4.21. The zero-order valence-corrected chi connectivity index (χ0v) is 8.20. The molecule has 1 saturated carbocycles. The van der Waals surface area contributed by atoms with E-state index in [4.69, 9.17) is 0 Å². The van der Waals surface area contributed by atoms with Gasteiger partial charge in [-0.3, -0.25) is 0 Å². The van der Waals surface area contributed by atoms with Crippen molar-refractivity contribution in [2.24, 2.45) is 5.92 Å². The van der Waals surface area contributed by atoms with Crippen LogP contribution in [0.5, 0.6) is 0 Å². The van der Waals surface area contributed by atoms with Crippen molar-refractivity contribution < 1.29 is 0 Å². The van der Waals surface area contributed by atoms with Crippen LogP contribution < -0.4 is 0 Å². The van der Waals surface area contributed by atoms with Gasteiger partial charge in [0.2, 0.25) is 0 Å². The lowest BCUT2D eigenvalue weighted by atomic mass is 10.2. The predicted octanol–water partition coefficient (Wildman–Crippen LogP) is 3.49. The van der Waals surface area contributed by atoms with Gasteiger partial charge in [0.25, 0.3) is 0 Å². The molecule has 0 N–H and O–H groups in total. The molecule has 64 valence electrons. The summed E-state index contributed by atoms with van der Waals surface area (Å²) >= 11 is 1.89. The largest absolute Gasteiger partial charge is 0.161 e. The maximum absolute atomic E-state index is 2.33. The lowest BCUT2D eigenvalue weighted by Gasteiger charge is -1.92. The fraction of sp³-hybridized carbons (Fsp3) is 0.800. The molecule has 1 aliphatic rings. The van der Waals surface area contributed by atoms with Crippen LogP contribution in [0.2, 0.25) is 0 Å². The van der Waals surface area contributed by atoms with Crippen molar-refractivity contribution in [1.82, 2.24) is 0 Å². The first-order valence-corrected chi connectivity index (χ1v) is 5.97. The highest BCUT2D eigenvalue weighted by molar-refractivity contribution is 7.98. The first kappa shape index (κ1) is 9.18. The molecule has 0 heterocycles. The Kier molecular flexibility index (Phi) is 4.76. The quantitative estimate of drug-likeness (QED) is 0.434. The minimum absolute atomic E-state index is 1.11. The molecule has 0 aromatic carbocycles. The Bertz CT molecular complexity index is 114. The first-order chi connectivity index (χ1) is 5.43. The predicted molar refractivity (Wildman–Crippen MR) is 54.1 cm³/mol. The van der Waals surface area contributed by atoms with Crippen molar-refractivity contribution in [2.45, 2.75) is 32.1 Å². The average Bonchev–Trinajstić information content (AvgIpc) is 2.80. The molecule has 0 saturated heterocycles. The zero-order chi connectivity index (χ0) is 7.94. The first-order valence-electron chi connectivity index (χ1n) is 4.57. The van der Waals surface area contributed by atoms with Crippen molar-refractivity contribution in [2.75, 3.05) is 12.0 Å². The monoisotopic (exact) mass is 170 g/mol. The highest BCUT2D eigenvalue weighted by Gasteiger charge is 2.19. The summed E-state index contributed by atoms with van der Waals surface area (Å²) in [5.41, 5.74) is 0. The molecule has 1 rings (SSSR count). The summed E-state index contributed by atoms with van der Waals surface area (Å²) in [6, 6.07) is 0. The second kappa shape index (κ2) is 5.70. The van der Waals surface area contributed by atoms with Crippen molar-refractivity contribution >= 4 is 11.8 Å². The highest BCUT2D eigenvalue weighted by atomic mass is 32.2. The van der Waals surface area contributed by atoms with Gasteiger partial charge in [-0.25, -0.2) is 0 Å². The van der Waals surface area contributed by atoms with Gasteiger partial charge in [-0.2, -0.15) is 11.8 Å². The molecular formula is C10H18S. The van der Waals surface area contributed by atoms with E-state index >= 15 is 0 Å². The molecular weight excluding hydrogens is 152 g/mol. The summed E-state index contributed by atoms with van der Waals surface area (Å²) in [5.74, 6) is 2.30. The van der Waals surface area contributed by atoms with Gasteiger partial charge in [0, 0.05) is 5.75 Å². The van der Waals surface area contributed by atoms with Gasteiger partial charge in [0.1, 0.15) is 0 Å². The van der Waals surface area contributed by atoms with Crippen molar-refractivity contribution in [3.8, 4) is 0 Å². The highest BCUT2D eigenvalue weighted by Crippen LogP contribution is 2.33. The van der Waals surface area contributed by atoms with E-state index in [1.807, 2.05) is 11.8 Å². The lowest BCUT2D eigenvalue weighted by molar-refractivity contribution is 0.675. The van der Waals surface area contributed by atoms with Crippen molar-refractivity contribution in [1.29, 1.82) is 0 Å². The van der Waals surface area contributed by atoms with Crippen LogP contribution in [0.15, 0.2) is 12.2 Å². The lowest BCUT2D eigenvalue weighted by Crippen LogP contribution is -1.76. The second-order valence-electron chi connectivity index (χ2n) is 3.30. The Labute approximate surface area is 74.5 Å². The van der Waals surface area contributed by atoms with Crippen LogP contribution in [0.25, 0.3) is 0 Å². The standard InChI is InChI=1S/C10H18S/c1-11-9-5-3-2-4-6-10-7-8-10/h3,5,10H,2,4,6-9H2,1H3. The molecule has 0 radical (unpaired) electrons.